The van der Waals surface area contributed by atoms with Crippen LogP contribution in [0.3, 0.4) is 0 Å². The van der Waals surface area contributed by atoms with E-state index < -0.39 is 0 Å². The van der Waals surface area contributed by atoms with E-state index in [-0.39, 0.29) is 5.60 Å². The van der Waals surface area contributed by atoms with Gasteiger partial charge in [-0.2, -0.15) is 0 Å². The summed E-state index contributed by atoms with van der Waals surface area (Å²) in [7, 11) is 0. The molecule has 1 spiro atoms. The van der Waals surface area contributed by atoms with Crippen molar-refractivity contribution in [1.82, 2.24) is 10.6 Å². The summed E-state index contributed by atoms with van der Waals surface area (Å²) in [4.78, 5) is 4.88. The van der Waals surface area contributed by atoms with Crippen molar-refractivity contribution in [2.45, 2.75) is 63.0 Å². The third kappa shape index (κ3) is 5.26. The predicted molar refractivity (Wildman–Crippen MR) is 105 cm³/mol. The quantitative estimate of drug-likeness (QED) is 0.591. The van der Waals surface area contributed by atoms with Crippen LogP contribution in [0.1, 0.15) is 50.7 Å². The van der Waals surface area contributed by atoms with Crippen LogP contribution < -0.4 is 10.6 Å². The van der Waals surface area contributed by atoms with Gasteiger partial charge in [0.1, 0.15) is 5.76 Å². The highest BCUT2D eigenvalue weighted by atomic mass is 16.5. The molecule has 2 aliphatic heterocycles. The van der Waals surface area contributed by atoms with Crippen molar-refractivity contribution in [3.63, 3.8) is 0 Å². The van der Waals surface area contributed by atoms with Crippen molar-refractivity contribution < 1.29 is 13.9 Å². The normalized spacial score (nSPS) is 27.9. The lowest BCUT2D eigenvalue weighted by Crippen LogP contribution is -2.51. The Morgan fingerprint density at radius 2 is 2.15 bits per heavy atom. The maximum absolute atomic E-state index is 6.18. The number of aliphatic imine (C=N–C) groups is 1. The number of hydrogen-bond acceptors (Lipinski definition) is 4. The molecule has 0 aromatic carbocycles. The largest absolute Gasteiger partial charge is 0.469 e. The van der Waals surface area contributed by atoms with Crippen molar-refractivity contribution in [2.75, 3.05) is 32.9 Å². The summed E-state index contributed by atoms with van der Waals surface area (Å²) in [6.07, 6.45) is 10.9. The van der Waals surface area contributed by atoms with Crippen LogP contribution in [0, 0.1) is 5.92 Å². The van der Waals surface area contributed by atoms with Gasteiger partial charge in [-0.25, -0.2) is 0 Å². The Kier molecular flexibility index (Phi) is 6.35. The second kappa shape index (κ2) is 9.11. The third-order valence-corrected chi connectivity index (χ3v) is 6.12. The first-order valence-electron chi connectivity index (χ1n) is 10.6. The molecule has 2 saturated heterocycles. The van der Waals surface area contributed by atoms with Crippen LogP contribution in [0.15, 0.2) is 27.8 Å². The third-order valence-electron chi connectivity index (χ3n) is 6.12. The first-order chi connectivity index (χ1) is 13.3. The number of guanidine groups is 1. The zero-order valence-electron chi connectivity index (χ0n) is 16.3. The van der Waals surface area contributed by atoms with Crippen LogP contribution in [0.5, 0.6) is 0 Å². The van der Waals surface area contributed by atoms with Gasteiger partial charge in [-0.15, -0.1) is 0 Å². The highest BCUT2D eigenvalue weighted by Gasteiger charge is 2.40. The van der Waals surface area contributed by atoms with Gasteiger partial charge in [0, 0.05) is 44.7 Å². The Balaban J connectivity index is 1.33. The Labute approximate surface area is 162 Å². The number of hydrogen-bond donors (Lipinski definition) is 2. The molecular formula is C21H33N3O3. The standard InChI is InChI=1S/C21H33N3O3/c1-2-9-21(8-1)14-18(7-13-27-21)24-20(23-15-17-6-12-25-16-17)22-10-5-19-4-3-11-26-19/h3-4,11,17-18H,1-2,5-10,12-16H2,(H2,22,23,24). The lowest BCUT2D eigenvalue weighted by atomic mass is 9.89. The van der Waals surface area contributed by atoms with E-state index in [1.165, 1.54) is 25.7 Å². The molecular weight excluding hydrogens is 342 g/mol. The molecule has 1 aromatic rings. The van der Waals surface area contributed by atoms with Crippen LogP contribution in [-0.4, -0.2) is 50.5 Å². The van der Waals surface area contributed by atoms with Crippen molar-refractivity contribution in [3.05, 3.63) is 24.2 Å². The Morgan fingerprint density at radius 1 is 1.22 bits per heavy atom. The Morgan fingerprint density at radius 3 is 2.93 bits per heavy atom. The molecule has 0 amide bonds. The molecule has 1 saturated carbocycles. The van der Waals surface area contributed by atoms with E-state index in [0.717, 1.165) is 70.3 Å². The molecule has 0 bridgehead atoms. The van der Waals surface area contributed by atoms with Crippen LogP contribution in [0.2, 0.25) is 0 Å². The Bertz CT molecular complexity index is 590. The highest BCUT2D eigenvalue weighted by molar-refractivity contribution is 5.80. The van der Waals surface area contributed by atoms with E-state index >= 15 is 0 Å². The maximum atomic E-state index is 6.18. The molecule has 3 fully saturated rings. The van der Waals surface area contributed by atoms with Crippen molar-refractivity contribution in [3.8, 4) is 0 Å². The maximum Gasteiger partial charge on any atom is 0.191 e. The molecule has 6 nitrogen and oxygen atoms in total. The number of nitrogens with one attached hydrogen (secondary N) is 2. The fourth-order valence-electron chi connectivity index (χ4n) is 4.57. The molecule has 1 aromatic heterocycles. The zero-order chi connectivity index (χ0) is 18.4. The summed E-state index contributed by atoms with van der Waals surface area (Å²) < 4.78 is 17.1. The first kappa shape index (κ1) is 18.8. The molecule has 0 radical (unpaired) electrons. The minimum absolute atomic E-state index is 0.120. The average Bonchev–Trinajstić information content (AvgIpc) is 3.43. The van der Waals surface area contributed by atoms with Gasteiger partial charge in [-0.3, -0.25) is 4.99 Å². The van der Waals surface area contributed by atoms with E-state index in [1.807, 2.05) is 12.1 Å². The predicted octanol–water partition coefficient (Wildman–Crippen LogP) is 2.89. The van der Waals surface area contributed by atoms with Crippen molar-refractivity contribution in [1.29, 1.82) is 0 Å². The van der Waals surface area contributed by atoms with E-state index in [0.29, 0.717) is 12.0 Å². The van der Waals surface area contributed by atoms with Crippen LogP contribution in [0.4, 0.5) is 0 Å². The summed E-state index contributed by atoms with van der Waals surface area (Å²) >= 11 is 0. The molecule has 2 unspecified atom stereocenters. The minimum atomic E-state index is 0.120. The molecule has 27 heavy (non-hydrogen) atoms. The summed E-state index contributed by atoms with van der Waals surface area (Å²) in [5, 5.41) is 7.20. The zero-order valence-corrected chi connectivity index (χ0v) is 16.3. The van der Waals surface area contributed by atoms with E-state index in [2.05, 4.69) is 10.6 Å². The molecule has 150 valence electrons. The van der Waals surface area contributed by atoms with Crippen LogP contribution >= 0.6 is 0 Å². The van der Waals surface area contributed by atoms with E-state index in [4.69, 9.17) is 18.9 Å². The summed E-state index contributed by atoms with van der Waals surface area (Å²) in [5.41, 5.74) is 0.120. The Hall–Kier alpha value is -1.53. The topological polar surface area (TPSA) is 68.0 Å². The first-order valence-corrected chi connectivity index (χ1v) is 10.6. The van der Waals surface area contributed by atoms with Gasteiger partial charge in [-0.05, 0) is 44.2 Å². The monoisotopic (exact) mass is 375 g/mol. The van der Waals surface area contributed by atoms with Gasteiger partial charge in [0.05, 0.1) is 18.5 Å². The van der Waals surface area contributed by atoms with Gasteiger partial charge in [0.2, 0.25) is 0 Å². The number of ether oxygens (including phenoxy) is 2. The number of rotatable bonds is 6. The van der Waals surface area contributed by atoms with E-state index in [9.17, 15) is 0 Å². The number of nitrogens with zero attached hydrogens (tertiary/aromatic N) is 1. The van der Waals surface area contributed by atoms with E-state index in [1.54, 1.807) is 6.26 Å². The van der Waals surface area contributed by atoms with Crippen molar-refractivity contribution >= 4 is 5.96 Å². The van der Waals surface area contributed by atoms with Gasteiger partial charge in [-0.1, -0.05) is 12.8 Å². The van der Waals surface area contributed by atoms with Gasteiger partial charge in [0.15, 0.2) is 5.96 Å². The van der Waals surface area contributed by atoms with Crippen LogP contribution in [0.25, 0.3) is 0 Å². The SMILES string of the molecule is c1coc(CCNC(=NCC2CCOC2)NC2CCOC3(CCCC3)C2)c1. The lowest BCUT2D eigenvalue weighted by Gasteiger charge is -2.39. The van der Waals surface area contributed by atoms with Gasteiger partial charge < -0.3 is 24.5 Å². The van der Waals surface area contributed by atoms with Crippen molar-refractivity contribution in [2.24, 2.45) is 10.9 Å². The molecule has 2 N–H and O–H groups in total. The molecule has 3 aliphatic rings. The van der Waals surface area contributed by atoms with Gasteiger partial charge >= 0.3 is 0 Å². The summed E-state index contributed by atoms with van der Waals surface area (Å²) in [6.45, 7) is 4.20. The highest BCUT2D eigenvalue weighted by Crippen LogP contribution is 2.39. The molecule has 4 rings (SSSR count). The minimum Gasteiger partial charge on any atom is -0.469 e. The summed E-state index contributed by atoms with van der Waals surface area (Å²) in [5.74, 6) is 2.47. The summed E-state index contributed by atoms with van der Waals surface area (Å²) in [6, 6.07) is 4.39. The van der Waals surface area contributed by atoms with Crippen LogP contribution in [-0.2, 0) is 15.9 Å². The molecule has 3 heterocycles. The molecule has 6 heteroatoms. The number of furan rings is 1. The van der Waals surface area contributed by atoms with Gasteiger partial charge in [0.25, 0.3) is 0 Å². The fourth-order valence-corrected chi connectivity index (χ4v) is 4.57. The average molecular weight is 376 g/mol. The molecule has 2 atom stereocenters. The molecule has 1 aliphatic carbocycles. The smallest absolute Gasteiger partial charge is 0.191 e. The second-order valence-electron chi connectivity index (χ2n) is 8.25. The lowest BCUT2D eigenvalue weighted by molar-refractivity contribution is -0.0815. The second-order valence-corrected chi connectivity index (χ2v) is 8.25. The fraction of sp³-hybridized carbons (Fsp3) is 0.762.